The number of fused-ring (bicyclic) bond motifs is 2. The Morgan fingerprint density at radius 1 is 1.00 bits per heavy atom. The highest BCUT2D eigenvalue weighted by atomic mass is 19.4. The van der Waals surface area contributed by atoms with Crippen molar-refractivity contribution in [3.8, 4) is 0 Å². The summed E-state index contributed by atoms with van der Waals surface area (Å²) in [5.41, 5.74) is 1.38. The van der Waals surface area contributed by atoms with Crippen LogP contribution >= 0.6 is 0 Å². The number of piperazine rings is 1. The summed E-state index contributed by atoms with van der Waals surface area (Å²) in [6.45, 7) is 2.83. The van der Waals surface area contributed by atoms with Gasteiger partial charge in [0.25, 0.3) is 5.91 Å². The number of hydrogen-bond acceptors (Lipinski definition) is 3. The van der Waals surface area contributed by atoms with E-state index >= 15 is 0 Å². The quantitative estimate of drug-likeness (QED) is 0.663. The lowest BCUT2D eigenvalue weighted by Gasteiger charge is -2.44. The van der Waals surface area contributed by atoms with Gasteiger partial charge in [-0.15, -0.1) is 0 Å². The van der Waals surface area contributed by atoms with Gasteiger partial charge in [0.05, 0.1) is 5.56 Å². The van der Waals surface area contributed by atoms with Gasteiger partial charge in [-0.1, -0.05) is 36.4 Å². The average molecular weight is 474 g/mol. The van der Waals surface area contributed by atoms with E-state index in [4.69, 9.17) is 9.90 Å². The van der Waals surface area contributed by atoms with Gasteiger partial charge in [0.15, 0.2) is 0 Å². The third kappa shape index (κ3) is 6.04. The first-order valence-corrected chi connectivity index (χ1v) is 9.93. The van der Waals surface area contributed by atoms with Crippen molar-refractivity contribution in [2.24, 2.45) is 0 Å². The van der Waals surface area contributed by atoms with E-state index in [1.54, 1.807) is 4.90 Å². The van der Waals surface area contributed by atoms with Crippen molar-refractivity contribution < 1.29 is 41.0 Å². The van der Waals surface area contributed by atoms with Gasteiger partial charge in [-0.3, -0.25) is 9.69 Å². The average Bonchev–Trinajstić information content (AvgIpc) is 2.73. The van der Waals surface area contributed by atoms with Crippen molar-refractivity contribution >= 4 is 11.9 Å². The maximum Gasteiger partial charge on any atom is 0.490 e. The lowest BCUT2D eigenvalue weighted by molar-refractivity contribution is -0.192. The second kappa shape index (κ2) is 9.42. The van der Waals surface area contributed by atoms with Crippen LogP contribution in [0.1, 0.15) is 27.0 Å². The van der Waals surface area contributed by atoms with Gasteiger partial charge in [-0.25, -0.2) is 4.79 Å². The molecule has 1 N–H and O–H groups in total. The van der Waals surface area contributed by atoms with Crippen molar-refractivity contribution in [2.45, 2.75) is 31.4 Å². The maximum absolute atomic E-state index is 12.9. The summed E-state index contributed by atoms with van der Waals surface area (Å²) in [4.78, 5) is 25.7. The van der Waals surface area contributed by atoms with Gasteiger partial charge < -0.3 is 10.0 Å². The van der Waals surface area contributed by atoms with Crippen LogP contribution in [0.25, 0.3) is 0 Å². The van der Waals surface area contributed by atoms with E-state index in [-0.39, 0.29) is 17.5 Å². The van der Waals surface area contributed by atoms with E-state index in [0.717, 1.165) is 31.8 Å². The van der Waals surface area contributed by atoms with Gasteiger partial charge in [-0.2, -0.15) is 26.3 Å². The van der Waals surface area contributed by atoms with Gasteiger partial charge in [0.2, 0.25) is 0 Å². The maximum atomic E-state index is 12.9. The molecular formula is C22H20F6N2O3. The van der Waals surface area contributed by atoms with Crippen LogP contribution in [0.3, 0.4) is 0 Å². The molecule has 1 amide bonds. The van der Waals surface area contributed by atoms with E-state index < -0.39 is 23.9 Å². The molecule has 0 saturated carbocycles. The van der Waals surface area contributed by atoms with Crippen LogP contribution in [0, 0.1) is 0 Å². The number of alkyl halides is 6. The molecule has 0 unspecified atom stereocenters. The SMILES string of the molecule is O=C(O)C(F)(F)F.O=C1c2cc(C(F)(F)F)ccc2C[C@@H]2CN(Cc3ccccc3)CCN12. The highest BCUT2D eigenvalue weighted by Crippen LogP contribution is 2.34. The Morgan fingerprint density at radius 2 is 1.64 bits per heavy atom. The molecule has 4 rings (SSSR count). The Morgan fingerprint density at radius 3 is 2.21 bits per heavy atom. The van der Waals surface area contributed by atoms with Crippen molar-refractivity contribution in [3.63, 3.8) is 0 Å². The number of hydrogen-bond donors (Lipinski definition) is 1. The van der Waals surface area contributed by atoms with Gasteiger partial charge in [0, 0.05) is 37.8 Å². The zero-order chi connectivity index (χ0) is 24.4. The summed E-state index contributed by atoms with van der Waals surface area (Å²) in [5, 5.41) is 7.12. The number of rotatable bonds is 2. The number of aliphatic carboxylic acids is 1. The molecule has 2 aliphatic rings. The van der Waals surface area contributed by atoms with Crippen LogP contribution in [0.4, 0.5) is 26.3 Å². The number of benzene rings is 2. The lowest BCUT2D eigenvalue weighted by Crippen LogP contribution is -2.57. The third-order valence-corrected chi connectivity index (χ3v) is 5.44. The van der Waals surface area contributed by atoms with Gasteiger partial charge in [0.1, 0.15) is 0 Å². The van der Waals surface area contributed by atoms with E-state index in [1.807, 2.05) is 18.2 Å². The minimum absolute atomic E-state index is 0.0178. The van der Waals surface area contributed by atoms with Gasteiger partial charge >= 0.3 is 18.3 Å². The first-order chi connectivity index (χ1) is 15.4. The summed E-state index contributed by atoms with van der Waals surface area (Å²) < 4.78 is 70.6. The minimum Gasteiger partial charge on any atom is -0.475 e. The summed E-state index contributed by atoms with van der Waals surface area (Å²) in [5.74, 6) is -3.03. The van der Waals surface area contributed by atoms with Crippen molar-refractivity contribution in [2.75, 3.05) is 19.6 Å². The Kier molecular flexibility index (Phi) is 7.01. The number of amides is 1. The van der Waals surface area contributed by atoms with Crippen LogP contribution in [0.5, 0.6) is 0 Å². The predicted molar refractivity (Wildman–Crippen MR) is 105 cm³/mol. The topological polar surface area (TPSA) is 60.9 Å². The number of halogens is 6. The van der Waals surface area contributed by atoms with Crippen molar-refractivity contribution in [1.82, 2.24) is 9.80 Å². The molecular weight excluding hydrogens is 454 g/mol. The molecule has 178 valence electrons. The standard InChI is InChI=1S/C20H19F3N2O.C2HF3O2/c21-20(22,23)16-7-6-15-10-17-13-24(12-14-4-2-1-3-5-14)8-9-25(17)19(26)18(15)11-16;3-2(4,5)1(6)7/h1-7,11,17H,8-10,12-13H2;(H,6,7)/t17-;/m1./s1. The summed E-state index contributed by atoms with van der Waals surface area (Å²) in [7, 11) is 0. The van der Waals surface area contributed by atoms with Crippen LogP contribution in [-0.2, 0) is 23.9 Å². The number of carbonyl (C=O) groups excluding carboxylic acids is 1. The Bertz CT molecular complexity index is 1010. The molecule has 5 nitrogen and oxygen atoms in total. The van der Waals surface area contributed by atoms with Gasteiger partial charge in [-0.05, 0) is 29.7 Å². The molecule has 2 aromatic rings. The minimum atomic E-state index is -5.08. The third-order valence-electron chi connectivity index (χ3n) is 5.44. The predicted octanol–water partition coefficient (Wildman–Crippen LogP) is 4.22. The number of carbonyl (C=O) groups is 2. The largest absolute Gasteiger partial charge is 0.490 e. The zero-order valence-corrected chi connectivity index (χ0v) is 17.2. The monoisotopic (exact) mass is 474 g/mol. The molecule has 0 aliphatic carbocycles. The molecule has 2 aromatic carbocycles. The number of carboxylic acid groups (broad SMARTS) is 1. The molecule has 33 heavy (non-hydrogen) atoms. The summed E-state index contributed by atoms with van der Waals surface area (Å²) in [6.07, 6.45) is -8.91. The van der Waals surface area contributed by atoms with Crippen LogP contribution < -0.4 is 0 Å². The highest BCUT2D eigenvalue weighted by molar-refractivity contribution is 5.97. The Balaban J connectivity index is 0.000000383. The first-order valence-electron chi connectivity index (χ1n) is 9.93. The molecule has 0 bridgehead atoms. The molecule has 2 aliphatic heterocycles. The molecule has 0 radical (unpaired) electrons. The van der Waals surface area contributed by atoms with Crippen LogP contribution in [-0.4, -0.2) is 58.6 Å². The molecule has 1 saturated heterocycles. The Hall–Kier alpha value is -3.08. The number of nitrogens with zero attached hydrogens (tertiary/aromatic N) is 2. The van der Waals surface area contributed by atoms with Crippen molar-refractivity contribution in [1.29, 1.82) is 0 Å². The number of carboxylic acids is 1. The normalized spacial score (nSPS) is 18.7. The van der Waals surface area contributed by atoms with Crippen molar-refractivity contribution in [3.05, 3.63) is 70.8 Å². The molecule has 0 aromatic heterocycles. The smallest absolute Gasteiger partial charge is 0.475 e. The van der Waals surface area contributed by atoms with Crippen LogP contribution in [0.15, 0.2) is 48.5 Å². The molecule has 2 heterocycles. The van der Waals surface area contributed by atoms with Crippen LogP contribution in [0.2, 0.25) is 0 Å². The second-order valence-corrected chi connectivity index (χ2v) is 7.75. The fourth-order valence-electron chi connectivity index (χ4n) is 3.89. The fraction of sp³-hybridized carbons (Fsp3) is 0.364. The van der Waals surface area contributed by atoms with E-state index in [1.165, 1.54) is 11.6 Å². The highest BCUT2D eigenvalue weighted by Gasteiger charge is 2.39. The molecule has 1 atom stereocenters. The summed E-state index contributed by atoms with van der Waals surface area (Å²) >= 11 is 0. The van der Waals surface area contributed by atoms with E-state index in [9.17, 15) is 31.1 Å². The fourth-order valence-corrected chi connectivity index (χ4v) is 3.89. The first kappa shape index (κ1) is 24.6. The zero-order valence-electron chi connectivity index (χ0n) is 17.2. The summed E-state index contributed by atoms with van der Waals surface area (Å²) in [6, 6.07) is 13.7. The van der Waals surface area contributed by atoms with E-state index in [0.29, 0.717) is 18.5 Å². The molecule has 0 spiro atoms. The lowest BCUT2D eigenvalue weighted by atomic mass is 9.90. The second-order valence-electron chi connectivity index (χ2n) is 7.75. The molecule has 11 heteroatoms. The Labute approximate surface area is 185 Å². The molecule has 1 fully saturated rings. The van der Waals surface area contributed by atoms with E-state index in [2.05, 4.69) is 17.0 Å².